The Labute approximate surface area is 115 Å². The fourth-order valence-corrected chi connectivity index (χ4v) is 2.13. The summed E-state index contributed by atoms with van der Waals surface area (Å²) in [4.78, 5) is 9.18. The van der Waals surface area contributed by atoms with Gasteiger partial charge in [0.2, 0.25) is 0 Å². The molecule has 3 unspecified atom stereocenters. The van der Waals surface area contributed by atoms with E-state index in [-0.39, 0.29) is 10.3 Å². The average molecular weight is 409 g/mol. The van der Waals surface area contributed by atoms with Gasteiger partial charge in [-0.3, -0.25) is 9.05 Å². The molecule has 0 spiro atoms. The van der Waals surface area contributed by atoms with Crippen LogP contribution in [0.25, 0.3) is 0 Å². The number of alkyl halides is 4. The second-order valence-electron chi connectivity index (χ2n) is 2.62. The van der Waals surface area contributed by atoms with Gasteiger partial charge in [-0.25, -0.2) is 4.57 Å². The van der Waals surface area contributed by atoms with Crippen LogP contribution in [-0.2, 0) is 13.6 Å². The van der Waals surface area contributed by atoms with Gasteiger partial charge in [-0.05, 0) is 13.3 Å². The minimum Gasteiger partial charge on any atom is -0.302 e. The molecule has 0 aromatic heterocycles. The SMILES string of the molecule is CC(Cl)C(Cl)OP(=O)(O)OCCC(Br)Br. The van der Waals surface area contributed by atoms with E-state index in [2.05, 4.69) is 40.9 Å². The molecule has 0 aromatic rings. The average Bonchev–Trinajstić information content (AvgIpc) is 2.01. The van der Waals surface area contributed by atoms with Crippen LogP contribution in [0.3, 0.4) is 0 Å². The molecule has 0 aliphatic carbocycles. The monoisotopic (exact) mass is 406 g/mol. The lowest BCUT2D eigenvalue weighted by Crippen LogP contribution is -2.15. The molecular weight excluding hydrogens is 398 g/mol. The highest BCUT2D eigenvalue weighted by atomic mass is 79.9. The Morgan fingerprint density at radius 1 is 1.47 bits per heavy atom. The van der Waals surface area contributed by atoms with E-state index in [0.29, 0.717) is 6.42 Å². The minimum absolute atomic E-state index is 0.0174. The Hall–Kier alpha value is 1.65. The molecule has 0 amide bonds. The number of phosphoric acid groups is 1. The van der Waals surface area contributed by atoms with Crippen molar-refractivity contribution in [2.24, 2.45) is 0 Å². The van der Waals surface area contributed by atoms with Crippen LogP contribution in [0.15, 0.2) is 0 Å². The van der Waals surface area contributed by atoms with E-state index in [4.69, 9.17) is 23.2 Å². The summed E-state index contributed by atoms with van der Waals surface area (Å²) in [5, 5.41) is -0.587. The van der Waals surface area contributed by atoms with Crippen LogP contribution in [0.1, 0.15) is 13.3 Å². The van der Waals surface area contributed by atoms with Gasteiger partial charge in [-0.15, -0.1) is 11.6 Å². The molecular formula is C6H11Br2Cl2O4P. The molecule has 0 fully saturated rings. The fraction of sp³-hybridized carbons (Fsp3) is 1.00. The van der Waals surface area contributed by atoms with E-state index in [1.807, 2.05) is 0 Å². The first kappa shape index (κ1) is 16.6. The zero-order valence-electron chi connectivity index (χ0n) is 7.78. The third-order valence-electron chi connectivity index (χ3n) is 1.19. The predicted molar refractivity (Wildman–Crippen MR) is 68.1 cm³/mol. The van der Waals surface area contributed by atoms with Crippen LogP contribution in [0, 0.1) is 0 Å². The van der Waals surface area contributed by atoms with Crippen LogP contribution >= 0.6 is 62.9 Å². The van der Waals surface area contributed by atoms with Crippen molar-refractivity contribution < 1.29 is 18.5 Å². The topological polar surface area (TPSA) is 55.8 Å². The molecule has 4 nitrogen and oxygen atoms in total. The summed E-state index contributed by atoms with van der Waals surface area (Å²) in [5.74, 6) is 0. The van der Waals surface area contributed by atoms with Crippen molar-refractivity contribution in [3.05, 3.63) is 0 Å². The van der Waals surface area contributed by atoms with Gasteiger partial charge in [0.1, 0.15) is 0 Å². The first-order chi connectivity index (χ1) is 6.74. The smallest absolute Gasteiger partial charge is 0.302 e. The molecule has 0 aromatic carbocycles. The third kappa shape index (κ3) is 9.36. The zero-order chi connectivity index (χ0) is 12.1. The lowest BCUT2D eigenvalue weighted by atomic mass is 10.5. The Kier molecular flexibility index (Phi) is 8.74. The molecule has 3 atom stereocenters. The van der Waals surface area contributed by atoms with Crippen molar-refractivity contribution >= 4 is 62.9 Å². The Bertz CT molecular complexity index is 229. The minimum atomic E-state index is -4.12. The summed E-state index contributed by atoms with van der Waals surface area (Å²) in [7, 11) is -4.12. The highest BCUT2D eigenvalue weighted by Gasteiger charge is 2.27. The number of hydrogen-bond donors (Lipinski definition) is 1. The fourth-order valence-electron chi connectivity index (χ4n) is 0.499. The van der Waals surface area contributed by atoms with Crippen molar-refractivity contribution in [2.75, 3.05) is 6.61 Å². The lowest BCUT2D eigenvalue weighted by Gasteiger charge is -2.17. The van der Waals surface area contributed by atoms with Crippen LogP contribution in [0.5, 0.6) is 0 Å². The normalized spacial score (nSPS) is 19.9. The van der Waals surface area contributed by atoms with Crippen molar-refractivity contribution in [3.8, 4) is 0 Å². The Morgan fingerprint density at radius 3 is 2.40 bits per heavy atom. The summed E-state index contributed by atoms with van der Waals surface area (Å²) in [6, 6.07) is 0. The number of rotatable bonds is 7. The maximum absolute atomic E-state index is 11.2. The molecule has 0 radical (unpaired) electrons. The summed E-state index contributed by atoms with van der Waals surface area (Å²) in [6.07, 6.45) is 0.511. The van der Waals surface area contributed by atoms with Gasteiger partial charge in [0.05, 0.1) is 15.7 Å². The quantitative estimate of drug-likeness (QED) is 0.514. The van der Waals surface area contributed by atoms with Crippen molar-refractivity contribution in [1.29, 1.82) is 0 Å². The number of hydrogen-bond acceptors (Lipinski definition) is 3. The van der Waals surface area contributed by atoms with Crippen LogP contribution in [-0.4, -0.2) is 26.2 Å². The standard InChI is InChI=1S/C6H11Br2Cl2O4P/c1-4(9)6(10)14-15(11,12)13-3-2-5(7)8/h4-6H,2-3H2,1H3,(H,11,12). The van der Waals surface area contributed by atoms with Gasteiger partial charge < -0.3 is 4.89 Å². The van der Waals surface area contributed by atoms with Crippen molar-refractivity contribution in [1.82, 2.24) is 0 Å². The molecule has 0 aliphatic heterocycles. The highest BCUT2D eigenvalue weighted by Crippen LogP contribution is 2.46. The molecule has 0 rings (SSSR count). The maximum Gasteiger partial charge on any atom is 0.473 e. The van der Waals surface area contributed by atoms with Gasteiger partial charge >= 0.3 is 7.82 Å². The van der Waals surface area contributed by atoms with E-state index in [0.717, 1.165) is 0 Å². The number of halogens is 4. The van der Waals surface area contributed by atoms with Gasteiger partial charge in [-0.1, -0.05) is 43.5 Å². The molecule has 1 N–H and O–H groups in total. The van der Waals surface area contributed by atoms with E-state index >= 15 is 0 Å². The number of phosphoric ester groups is 1. The Balaban J connectivity index is 3.91. The van der Waals surface area contributed by atoms with Crippen LogP contribution in [0.2, 0.25) is 0 Å². The second-order valence-corrected chi connectivity index (χ2v) is 8.58. The predicted octanol–water partition coefficient (Wildman–Crippen LogP) is 3.82. The molecule has 0 heterocycles. The largest absolute Gasteiger partial charge is 0.473 e. The summed E-state index contributed by atoms with van der Waals surface area (Å²) >= 11 is 17.5. The summed E-state index contributed by atoms with van der Waals surface area (Å²) in [6.45, 7) is 1.61. The van der Waals surface area contributed by atoms with Gasteiger partial charge in [0.15, 0.2) is 5.56 Å². The highest BCUT2D eigenvalue weighted by molar-refractivity contribution is 9.24. The maximum atomic E-state index is 11.2. The van der Waals surface area contributed by atoms with E-state index < -0.39 is 18.8 Å². The molecule has 0 saturated heterocycles. The van der Waals surface area contributed by atoms with Gasteiger partial charge in [0, 0.05) is 0 Å². The molecule has 15 heavy (non-hydrogen) atoms. The van der Waals surface area contributed by atoms with Gasteiger partial charge in [0.25, 0.3) is 0 Å². The third-order valence-corrected chi connectivity index (χ3v) is 4.05. The lowest BCUT2D eigenvalue weighted by molar-refractivity contribution is 0.136. The zero-order valence-corrected chi connectivity index (χ0v) is 13.4. The van der Waals surface area contributed by atoms with E-state index in [1.165, 1.54) is 0 Å². The Morgan fingerprint density at radius 2 is 2.00 bits per heavy atom. The molecule has 0 bridgehead atoms. The van der Waals surface area contributed by atoms with Crippen molar-refractivity contribution in [2.45, 2.75) is 28.0 Å². The second kappa shape index (κ2) is 7.88. The van der Waals surface area contributed by atoms with Gasteiger partial charge in [-0.2, -0.15) is 0 Å². The first-order valence-electron chi connectivity index (χ1n) is 3.96. The van der Waals surface area contributed by atoms with E-state index in [9.17, 15) is 9.46 Å². The van der Waals surface area contributed by atoms with E-state index in [1.54, 1.807) is 6.92 Å². The molecule has 0 saturated carbocycles. The summed E-state index contributed by atoms with van der Waals surface area (Å²) < 4.78 is 20.5. The first-order valence-corrected chi connectivity index (χ1v) is 8.16. The summed E-state index contributed by atoms with van der Waals surface area (Å²) in [5.41, 5.74) is -1.06. The molecule has 0 aliphatic rings. The van der Waals surface area contributed by atoms with Crippen molar-refractivity contribution in [3.63, 3.8) is 0 Å². The molecule has 92 valence electrons. The molecule has 9 heteroatoms. The van der Waals surface area contributed by atoms with Crippen LogP contribution < -0.4 is 0 Å². The van der Waals surface area contributed by atoms with Crippen LogP contribution in [0.4, 0.5) is 0 Å².